The average Bonchev–Trinajstić information content (AvgIpc) is 2.79. The van der Waals surface area contributed by atoms with Crippen LogP contribution in [0, 0.1) is 5.92 Å². The van der Waals surface area contributed by atoms with Crippen LogP contribution in [0.15, 0.2) is 65.8 Å². The van der Waals surface area contributed by atoms with E-state index in [1.807, 2.05) is 0 Å². The Morgan fingerprint density at radius 1 is 1.06 bits per heavy atom. The maximum atomic E-state index is 12.6. The highest BCUT2D eigenvalue weighted by Crippen LogP contribution is 2.20. The van der Waals surface area contributed by atoms with Gasteiger partial charge in [-0.3, -0.25) is 9.52 Å². The molecule has 0 aliphatic rings. The maximum Gasteiger partial charge on any atom is 0.263 e. The quantitative estimate of drug-likeness (QED) is 0.460. The molecule has 1 aromatic heterocycles. The lowest BCUT2D eigenvalue weighted by Gasteiger charge is -2.11. The lowest BCUT2D eigenvalue weighted by atomic mass is 10.1. The van der Waals surface area contributed by atoms with Crippen LogP contribution in [-0.2, 0) is 10.0 Å². The van der Waals surface area contributed by atoms with Gasteiger partial charge in [0.05, 0.1) is 18.6 Å². The zero-order chi connectivity index (χ0) is 23.8. The summed E-state index contributed by atoms with van der Waals surface area (Å²) >= 11 is 0. The summed E-state index contributed by atoms with van der Waals surface area (Å²) in [5.74, 6) is 1.13. The summed E-state index contributed by atoms with van der Waals surface area (Å²) in [7, 11) is -2.46. The highest BCUT2D eigenvalue weighted by atomic mass is 32.2. The normalized spacial score (nSPS) is 11.2. The van der Waals surface area contributed by atoms with E-state index in [0.717, 1.165) is 6.42 Å². The van der Waals surface area contributed by atoms with Gasteiger partial charge < -0.3 is 14.8 Å². The Bertz CT molecular complexity index is 1200. The molecule has 0 unspecified atom stereocenters. The van der Waals surface area contributed by atoms with Gasteiger partial charge in [0.25, 0.3) is 15.9 Å². The Hall–Kier alpha value is -3.66. The minimum Gasteiger partial charge on any atom is -0.494 e. The first-order valence-electron chi connectivity index (χ1n) is 10.3. The molecule has 0 radical (unpaired) electrons. The maximum absolute atomic E-state index is 12.6. The highest BCUT2D eigenvalue weighted by molar-refractivity contribution is 7.92. The van der Waals surface area contributed by atoms with Crippen LogP contribution in [0.1, 0.15) is 30.6 Å². The predicted molar refractivity (Wildman–Crippen MR) is 125 cm³/mol. The summed E-state index contributed by atoms with van der Waals surface area (Å²) in [4.78, 5) is 20.3. The Kier molecular flexibility index (Phi) is 7.83. The van der Waals surface area contributed by atoms with E-state index in [4.69, 9.17) is 9.47 Å². The van der Waals surface area contributed by atoms with Crippen molar-refractivity contribution in [3.05, 3.63) is 66.5 Å². The topological polar surface area (TPSA) is 120 Å². The van der Waals surface area contributed by atoms with Crippen LogP contribution in [0.5, 0.6) is 11.6 Å². The molecule has 0 bridgehead atoms. The van der Waals surface area contributed by atoms with E-state index in [1.54, 1.807) is 24.3 Å². The number of ether oxygens (including phenoxy) is 2. The Morgan fingerprint density at radius 2 is 1.82 bits per heavy atom. The summed E-state index contributed by atoms with van der Waals surface area (Å²) in [5.41, 5.74) is 0.891. The molecular weight excluding hydrogens is 444 g/mol. The fraction of sp³-hybridized carbons (Fsp3) is 0.261. The number of methoxy groups -OCH3 is 1. The van der Waals surface area contributed by atoms with Gasteiger partial charge >= 0.3 is 0 Å². The van der Waals surface area contributed by atoms with E-state index in [0.29, 0.717) is 29.5 Å². The molecule has 1 amide bonds. The predicted octanol–water partition coefficient (Wildman–Crippen LogP) is 3.96. The van der Waals surface area contributed by atoms with E-state index in [2.05, 4.69) is 33.9 Å². The van der Waals surface area contributed by atoms with Gasteiger partial charge in [-0.2, -0.15) is 0 Å². The van der Waals surface area contributed by atoms with E-state index < -0.39 is 10.0 Å². The number of nitrogens with one attached hydrogen (secondary N) is 2. The van der Waals surface area contributed by atoms with Gasteiger partial charge in [0.15, 0.2) is 0 Å². The number of hydrogen-bond acceptors (Lipinski definition) is 7. The third-order valence-electron chi connectivity index (χ3n) is 4.57. The summed E-state index contributed by atoms with van der Waals surface area (Å²) in [6.45, 7) is 4.81. The minimum absolute atomic E-state index is 0.0126. The fourth-order valence-corrected chi connectivity index (χ4v) is 3.76. The van der Waals surface area contributed by atoms with Crippen molar-refractivity contribution in [3.8, 4) is 11.6 Å². The Labute approximate surface area is 193 Å². The van der Waals surface area contributed by atoms with Crippen molar-refractivity contribution in [1.29, 1.82) is 0 Å². The van der Waals surface area contributed by atoms with Crippen molar-refractivity contribution in [2.24, 2.45) is 5.92 Å². The minimum atomic E-state index is -3.88. The molecule has 2 aromatic carbocycles. The van der Waals surface area contributed by atoms with Crippen LogP contribution >= 0.6 is 0 Å². The van der Waals surface area contributed by atoms with Crippen molar-refractivity contribution in [1.82, 2.24) is 9.97 Å². The van der Waals surface area contributed by atoms with Crippen LogP contribution < -0.4 is 19.5 Å². The zero-order valence-corrected chi connectivity index (χ0v) is 19.4. The Balaban J connectivity index is 1.64. The summed E-state index contributed by atoms with van der Waals surface area (Å²) in [6, 6.07) is 14.1. The van der Waals surface area contributed by atoms with Gasteiger partial charge in [-0.15, -0.1) is 0 Å². The monoisotopic (exact) mass is 470 g/mol. The van der Waals surface area contributed by atoms with Crippen LogP contribution in [0.4, 0.5) is 11.5 Å². The molecule has 0 saturated heterocycles. The first kappa shape index (κ1) is 24.0. The number of carbonyl (C=O) groups excluding carboxylic acids is 1. The number of carbonyl (C=O) groups is 1. The second kappa shape index (κ2) is 10.8. The number of anilines is 2. The fourth-order valence-electron chi connectivity index (χ4n) is 2.76. The van der Waals surface area contributed by atoms with Gasteiger partial charge in [0, 0.05) is 17.3 Å². The highest BCUT2D eigenvalue weighted by Gasteiger charge is 2.16. The SMILES string of the molecule is COc1cc(NS(=O)(=O)c2ccc(NC(=O)c3cccc(OCCC(C)C)c3)cc2)ncn1. The first-order valence-corrected chi connectivity index (χ1v) is 11.8. The average molecular weight is 471 g/mol. The van der Waals surface area contributed by atoms with E-state index in [-0.39, 0.29) is 22.5 Å². The lowest BCUT2D eigenvalue weighted by molar-refractivity contribution is 0.102. The van der Waals surface area contributed by atoms with Crippen molar-refractivity contribution in [2.45, 2.75) is 25.2 Å². The first-order chi connectivity index (χ1) is 15.8. The molecule has 0 spiro atoms. The summed E-state index contributed by atoms with van der Waals surface area (Å²) in [6.07, 6.45) is 2.12. The van der Waals surface area contributed by atoms with Crippen LogP contribution in [0.25, 0.3) is 0 Å². The molecule has 0 aliphatic heterocycles. The number of nitrogens with zero attached hydrogens (tertiary/aromatic N) is 2. The van der Waals surface area contributed by atoms with Crippen molar-refractivity contribution in [3.63, 3.8) is 0 Å². The molecule has 33 heavy (non-hydrogen) atoms. The second-order valence-electron chi connectivity index (χ2n) is 7.59. The molecule has 9 nitrogen and oxygen atoms in total. The molecule has 10 heteroatoms. The summed E-state index contributed by atoms with van der Waals surface area (Å²) in [5, 5.41) is 2.76. The van der Waals surface area contributed by atoms with Gasteiger partial charge in [-0.1, -0.05) is 19.9 Å². The van der Waals surface area contributed by atoms with Crippen LogP contribution in [0.2, 0.25) is 0 Å². The number of hydrogen-bond donors (Lipinski definition) is 2. The molecule has 2 N–H and O–H groups in total. The largest absolute Gasteiger partial charge is 0.494 e. The molecule has 0 fully saturated rings. The molecule has 174 valence electrons. The third kappa shape index (κ3) is 6.91. The van der Waals surface area contributed by atoms with E-state index >= 15 is 0 Å². The van der Waals surface area contributed by atoms with Gasteiger partial charge in [0.2, 0.25) is 5.88 Å². The standard InChI is InChI=1S/C23H26N4O5S/c1-16(2)11-12-32-19-6-4-5-17(13-19)23(28)26-18-7-9-20(10-8-18)33(29,30)27-21-14-22(31-3)25-15-24-21/h4-10,13-16H,11-12H2,1-3H3,(H,26,28)(H,24,25,27). The van der Waals surface area contributed by atoms with Crippen molar-refractivity contribution < 1.29 is 22.7 Å². The number of rotatable bonds is 10. The lowest BCUT2D eigenvalue weighted by Crippen LogP contribution is -2.15. The second-order valence-corrected chi connectivity index (χ2v) is 9.27. The van der Waals surface area contributed by atoms with E-state index in [9.17, 15) is 13.2 Å². The smallest absolute Gasteiger partial charge is 0.263 e. The molecule has 0 aliphatic carbocycles. The number of aromatic nitrogens is 2. The van der Waals surface area contributed by atoms with Gasteiger partial charge in [0.1, 0.15) is 17.9 Å². The van der Waals surface area contributed by atoms with Crippen molar-refractivity contribution in [2.75, 3.05) is 23.8 Å². The zero-order valence-electron chi connectivity index (χ0n) is 18.6. The Morgan fingerprint density at radius 3 is 2.52 bits per heavy atom. The van der Waals surface area contributed by atoms with Crippen LogP contribution in [-0.4, -0.2) is 38.0 Å². The van der Waals surface area contributed by atoms with Gasteiger partial charge in [-0.05, 0) is 54.8 Å². The third-order valence-corrected chi connectivity index (χ3v) is 5.94. The van der Waals surface area contributed by atoms with Crippen LogP contribution in [0.3, 0.4) is 0 Å². The molecule has 3 rings (SSSR count). The number of benzene rings is 2. The van der Waals surface area contributed by atoms with E-state index in [1.165, 1.54) is 43.8 Å². The molecule has 0 saturated carbocycles. The molecular formula is C23H26N4O5S. The molecule has 3 aromatic rings. The summed E-state index contributed by atoms with van der Waals surface area (Å²) < 4.78 is 38.3. The number of amides is 1. The van der Waals surface area contributed by atoms with Crippen molar-refractivity contribution >= 4 is 27.4 Å². The molecule has 0 atom stereocenters. The number of sulfonamides is 1. The van der Waals surface area contributed by atoms with Gasteiger partial charge in [-0.25, -0.2) is 18.4 Å². The molecule has 1 heterocycles.